The Morgan fingerprint density at radius 3 is 2.94 bits per heavy atom. The summed E-state index contributed by atoms with van der Waals surface area (Å²) in [4.78, 5) is 13.6. The minimum atomic E-state index is -0.476. The molecule has 1 aliphatic heterocycles. The van der Waals surface area contributed by atoms with Gasteiger partial charge in [0.05, 0.1) is 5.60 Å². The molecule has 1 amide bonds. The van der Waals surface area contributed by atoms with Gasteiger partial charge in [-0.1, -0.05) is 30.3 Å². The first-order valence-corrected chi connectivity index (χ1v) is 6.35. The van der Waals surface area contributed by atoms with E-state index in [2.05, 4.69) is 0 Å². The van der Waals surface area contributed by atoms with Crippen molar-refractivity contribution in [3.8, 4) is 0 Å². The fourth-order valence-electron chi connectivity index (χ4n) is 2.57. The maximum Gasteiger partial charge on any atom is 0.410 e. The van der Waals surface area contributed by atoms with Crippen LogP contribution in [0, 0.1) is 5.92 Å². The van der Waals surface area contributed by atoms with Crippen LogP contribution in [0.5, 0.6) is 0 Å². The van der Waals surface area contributed by atoms with Gasteiger partial charge in [-0.25, -0.2) is 4.79 Å². The Kier molecular flexibility index (Phi) is 2.74. The quantitative estimate of drug-likeness (QED) is 0.866. The van der Waals surface area contributed by atoms with Crippen molar-refractivity contribution < 1.29 is 14.6 Å². The van der Waals surface area contributed by atoms with Crippen LogP contribution in [0.3, 0.4) is 0 Å². The van der Waals surface area contributed by atoms with E-state index in [1.54, 1.807) is 4.90 Å². The Morgan fingerprint density at radius 2 is 2.22 bits per heavy atom. The minimum Gasteiger partial charge on any atom is -0.445 e. The van der Waals surface area contributed by atoms with E-state index < -0.39 is 5.60 Å². The molecule has 0 aromatic heterocycles. The number of carbonyl (C=O) groups excluding carboxylic acids is 1. The normalized spacial score (nSPS) is 29.6. The predicted molar refractivity (Wildman–Crippen MR) is 65.9 cm³/mol. The van der Waals surface area contributed by atoms with E-state index in [1.807, 2.05) is 30.3 Å². The predicted octanol–water partition coefficient (Wildman–Crippen LogP) is 1.78. The number of piperidine rings is 1. The van der Waals surface area contributed by atoms with Crippen LogP contribution in [0.25, 0.3) is 0 Å². The Labute approximate surface area is 106 Å². The van der Waals surface area contributed by atoms with Gasteiger partial charge in [0.15, 0.2) is 0 Å². The number of fused-ring (bicyclic) bond motifs is 1. The highest BCUT2D eigenvalue weighted by atomic mass is 16.6. The molecule has 1 aliphatic carbocycles. The first-order chi connectivity index (χ1) is 8.67. The second-order valence-electron chi connectivity index (χ2n) is 5.24. The lowest BCUT2D eigenvalue weighted by atomic mass is 10.1. The third kappa shape index (κ3) is 2.20. The van der Waals surface area contributed by atoms with Crippen LogP contribution in [-0.2, 0) is 11.3 Å². The van der Waals surface area contributed by atoms with Gasteiger partial charge >= 0.3 is 6.09 Å². The van der Waals surface area contributed by atoms with Gasteiger partial charge in [0.25, 0.3) is 0 Å². The van der Waals surface area contributed by atoms with Crippen molar-refractivity contribution in [2.45, 2.75) is 25.0 Å². The molecule has 18 heavy (non-hydrogen) atoms. The molecule has 1 N–H and O–H groups in total. The maximum atomic E-state index is 11.9. The fourth-order valence-corrected chi connectivity index (χ4v) is 2.57. The summed E-state index contributed by atoms with van der Waals surface area (Å²) in [6.45, 7) is 1.54. The van der Waals surface area contributed by atoms with Crippen LogP contribution < -0.4 is 0 Å². The molecule has 2 fully saturated rings. The summed E-state index contributed by atoms with van der Waals surface area (Å²) in [5.41, 5.74) is 0.515. The second-order valence-corrected chi connectivity index (χ2v) is 5.24. The molecule has 1 saturated heterocycles. The van der Waals surface area contributed by atoms with E-state index in [4.69, 9.17) is 4.74 Å². The number of nitrogens with zero attached hydrogens (tertiary/aromatic N) is 1. The molecule has 1 aromatic carbocycles. The van der Waals surface area contributed by atoms with Crippen molar-refractivity contribution in [2.75, 3.05) is 13.1 Å². The molecule has 2 atom stereocenters. The van der Waals surface area contributed by atoms with Crippen molar-refractivity contribution in [3.63, 3.8) is 0 Å². The maximum absolute atomic E-state index is 11.9. The Balaban J connectivity index is 1.50. The molecule has 1 heterocycles. The number of benzene rings is 1. The van der Waals surface area contributed by atoms with Gasteiger partial charge in [0.1, 0.15) is 6.61 Å². The van der Waals surface area contributed by atoms with Crippen LogP contribution >= 0.6 is 0 Å². The molecular weight excluding hydrogens is 230 g/mol. The smallest absolute Gasteiger partial charge is 0.410 e. The molecule has 2 aliphatic rings. The number of aliphatic hydroxyl groups is 1. The molecule has 4 heteroatoms. The average molecular weight is 247 g/mol. The van der Waals surface area contributed by atoms with Crippen LogP contribution in [0.1, 0.15) is 18.4 Å². The zero-order chi connectivity index (χ0) is 12.6. The second kappa shape index (κ2) is 4.28. The summed E-state index contributed by atoms with van der Waals surface area (Å²) in [7, 11) is 0. The van der Waals surface area contributed by atoms with Gasteiger partial charge in [0.2, 0.25) is 0 Å². The number of ether oxygens (including phenoxy) is 1. The van der Waals surface area contributed by atoms with E-state index in [1.165, 1.54) is 0 Å². The van der Waals surface area contributed by atoms with E-state index in [0.717, 1.165) is 12.0 Å². The van der Waals surface area contributed by atoms with Crippen LogP contribution in [-0.4, -0.2) is 34.8 Å². The molecule has 0 unspecified atom stereocenters. The first kappa shape index (κ1) is 11.5. The van der Waals surface area contributed by atoms with Crippen LogP contribution in [0.15, 0.2) is 30.3 Å². The van der Waals surface area contributed by atoms with Crippen molar-refractivity contribution in [1.29, 1.82) is 0 Å². The van der Waals surface area contributed by atoms with E-state index in [0.29, 0.717) is 26.1 Å². The van der Waals surface area contributed by atoms with Crippen LogP contribution in [0.2, 0.25) is 0 Å². The van der Waals surface area contributed by atoms with Crippen molar-refractivity contribution in [1.82, 2.24) is 4.90 Å². The third-order valence-corrected chi connectivity index (χ3v) is 3.92. The highest BCUT2D eigenvalue weighted by Gasteiger charge is 2.56. The van der Waals surface area contributed by atoms with E-state index in [-0.39, 0.29) is 12.0 Å². The summed E-state index contributed by atoms with van der Waals surface area (Å²) >= 11 is 0. The summed E-state index contributed by atoms with van der Waals surface area (Å²) in [6.07, 6.45) is 1.24. The molecule has 0 bridgehead atoms. The number of amides is 1. The lowest BCUT2D eigenvalue weighted by Crippen LogP contribution is -2.41. The standard InChI is InChI=1S/C14H17NO3/c16-13(18-10-11-4-2-1-3-5-11)15-7-6-14(17)8-12(14)9-15/h1-5,12,17H,6-10H2/t12-,14-/m1/s1. The zero-order valence-corrected chi connectivity index (χ0v) is 10.2. The third-order valence-electron chi connectivity index (χ3n) is 3.92. The van der Waals surface area contributed by atoms with Crippen molar-refractivity contribution >= 4 is 6.09 Å². The van der Waals surface area contributed by atoms with Gasteiger partial charge < -0.3 is 14.7 Å². The molecule has 1 saturated carbocycles. The molecule has 1 aromatic rings. The summed E-state index contributed by atoms with van der Waals surface area (Å²) in [5, 5.41) is 9.88. The Morgan fingerprint density at radius 1 is 1.44 bits per heavy atom. The average Bonchev–Trinajstić information content (AvgIpc) is 3.07. The number of carbonyl (C=O) groups is 1. The first-order valence-electron chi connectivity index (χ1n) is 6.35. The van der Waals surface area contributed by atoms with Gasteiger partial charge in [-0.3, -0.25) is 0 Å². The van der Waals surface area contributed by atoms with Crippen molar-refractivity contribution in [2.24, 2.45) is 5.92 Å². The molecular formula is C14H17NO3. The number of hydrogen-bond donors (Lipinski definition) is 1. The summed E-state index contributed by atoms with van der Waals surface area (Å²) in [5.74, 6) is 0.260. The largest absolute Gasteiger partial charge is 0.445 e. The highest BCUT2D eigenvalue weighted by molar-refractivity contribution is 5.68. The lowest BCUT2D eigenvalue weighted by molar-refractivity contribution is 0.0471. The SMILES string of the molecule is O=C(OCc1ccccc1)N1CC[C@@]2(O)C[C@@H]2C1. The Hall–Kier alpha value is -1.55. The molecule has 0 spiro atoms. The minimum absolute atomic E-state index is 0.260. The Bertz CT molecular complexity index is 448. The molecule has 4 nitrogen and oxygen atoms in total. The van der Waals surface area contributed by atoms with Gasteiger partial charge in [-0.15, -0.1) is 0 Å². The summed E-state index contributed by atoms with van der Waals surface area (Å²) in [6, 6.07) is 9.65. The van der Waals surface area contributed by atoms with Crippen LogP contribution in [0.4, 0.5) is 4.79 Å². The monoisotopic (exact) mass is 247 g/mol. The zero-order valence-electron chi connectivity index (χ0n) is 10.2. The fraction of sp³-hybridized carbons (Fsp3) is 0.500. The van der Waals surface area contributed by atoms with Crippen molar-refractivity contribution in [3.05, 3.63) is 35.9 Å². The van der Waals surface area contributed by atoms with Gasteiger partial charge in [-0.05, 0) is 18.4 Å². The lowest BCUT2D eigenvalue weighted by Gasteiger charge is -2.28. The van der Waals surface area contributed by atoms with Gasteiger partial charge in [-0.2, -0.15) is 0 Å². The number of hydrogen-bond acceptors (Lipinski definition) is 3. The molecule has 96 valence electrons. The highest BCUT2D eigenvalue weighted by Crippen LogP contribution is 2.49. The molecule has 3 rings (SSSR count). The number of likely N-dealkylation sites (tertiary alicyclic amines) is 1. The molecule has 0 radical (unpaired) electrons. The van der Waals surface area contributed by atoms with Gasteiger partial charge in [0, 0.05) is 19.0 Å². The topological polar surface area (TPSA) is 49.8 Å². The van der Waals surface area contributed by atoms with E-state index >= 15 is 0 Å². The number of rotatable bonds is 2. The van der Waals surface area contributed by atoms with E-state index in [9.17, 15) is 9.90 Å². The summed E-state index contributed by atoms with van der Waals surface area (Å²) < 4.78 is 5.27.